The fourth-order valence-corrected chi connectivity index (χ4v) is 2.87. The molecule has 1 aromatic carbocycles. The first kappa shape index (κ1) is 19.8. The Morgan fingerprint density at radius 3 is 2.61 bits per heavy atom. The molecule has 1 N–H and O–H groups in total. The van der Waals surface area contributed by atoms with Gasteiger partial charge in [0.05, 0.1) is 0 Å². The zero-order valence-electron chi connectivity index (χ0n) is 16.1. The summed E-state index contributed by atoms with van der Waals surface area (Å²) in [6.45, 7) is 4.49. The van der Waals surface area contributed by atoms with Crippen molar-refractivity contribution < 1.29 is 4.79 Å². The number of likely N-dealkylation sites (N-methyl/N-ethyl adjacent to an activating group) is 1. The number of hydrogen-bond donors (Lipinski definition) is 1. The Hall–Kier alpha value is -2.99. The molecular weight excluding hydrogens is 374 g/mol. The number of carbonyl (C=O) groups is 1. The summed E-state index contributed by atoms with van der Waals surface area (Å²) in [7, 11) is 1.92. The van der Waals surface area contributed by atoms with Crippen molar-refractivity contribution in [2.75, 3.05) is 23.8 Å². The Bertz CT molecular complexity index is 978. The number of nitrogens with one attached hydrogen (secondary N) is 1. The van der Waals surface area contributed by atoms with Crippen molar-refractivity contribution >= 4 is 29.1 Å². The standard InChI is InChI=1S/C21H22ClN5O/c1-14-4-5-17(22)13-18(14)25-20(28)19-12-15(2)24-21(26-19)27(3)11-8-16-6-9-23-10-7-16/h4-7,9-10,12-13H,8,11H2,1-3H3,(H,25,28). The van der Waals surface area contributed by atoms with Gasteiger partial charge in [0.1, 0.15) is 5.69 Å². The van der Waals surface area contributed by atoms with Crippen molar-refractivity contribution in [3.8, 4) is 0 Å². The lowest BCUT2D eigenvalue weighted by Gasteiger charge is -2.18. The van der Waals surface area contributed by atoms with E-state index >= 15 is 0 Å². The fraction of sp³-hybridized carbons (Fsp3) is 0.238. The van der Waals surface area contributed by atoms with E-state index in [1.807, 2.05) is 44.0 Å². The lowest BCUT2D eigenvalue weighted by Crippen LogP contribution is -2.25. The van der Waals surface area contributed by atoms with Crippen LogP contribution in [0.4, 0.5) is 11.6 Å². The number of aryl methyl sites for hydroxylation is 2. The minimum Gasteiger partial charge on any atom is -0.344 e. The van der Waals surface area contributed by atoms with Gasteiger partial charge in [-0.05, 0) is 61.7 Å². The highest BCUT2D eigenvalue weighted by Crippen LogP contribution is 2.21. The second-order valence-corrected chi connectivity index (χ2v) is 7.07. The molecule has 0 atom stereocenters. The normalized spacial score (nSPS) is 10.6. The van der Waals surface area contributed by atoms with Crippen LogP contribution in [0.25, 0.3) is 0 Å². The highest BCUT2D eigenvalue weighted by Gasteiger charge is 2.14. The van der Waals surface area contributed by atoms with Gasteiger partial charge in [0.15, 0.2) is 0 Å². The molecule has 0 spiro atoms. The van der Waals surface area contributed by atoms with E-state index in [1.165, 1.54) is 5.56 Å². The van der Waals surface area contributed by atoms with Crippen molar-refractivity contribution in [1.82, 2.24) is 15.0 Å². The molecule has 2 aromatic heterocycles. The number of aromatic nitrogens is 3. The Kier molecular flexibility index (Phi) is 6.21. The number of benzene rings is 1. The van der Waals surface area contributed by atoms with Crippen LogP contribution < -0.4 is 10.2 Å². The number of amides is 1. The molecule has 28 heavy (non-hydrogen) atoms. The monoisotopic (exact) mass is 395 g/mol. The topological polar surface area (TPSA) is 71.0 Å². The van der Waals surface area contributed by atoms with Crippen LogP contribution in [0.15, 0.2) is 48.8 Å². The molecule has 2 heterocycles. The number of nitrogens with zero attached hydrogens (tertiary/aromatic N) is 4. The minimum absolute atomic E-state index is 0.292. The molecule has 144 valence electrons. The Labute approximate surface area is 169 Å². The van der Waals surface area contributed by atoms with E-state index < -0.39 is 0 Å². The van der Waals surface area contributed by atoms with Gasteiger partial charge in [-0.1, -0.05) is 17.7 Å². The van der Waals surface area contributed by atoms with Gasteiger partial charge in [-0.3, -0.25) is 9.78 Å². The fourth-order valence-electron chi connectivity index (χ4n) is 2.70. The third-order valence-electron chi connectivity index (χ3n) is 4.35. The van der Waals surface area contributed by atoms with Crippen molar-refractivity contribution in [3.63, 3.8) is 0 Å². The number of pyridine rings is 1. The van der Waals surface area contributed by atoms with Gasteiger partial charge in [-0.15, -0.1) is 0 Å². The molecule has 0 bridgehead atoms. The quantitative estimate of drug-likeness (QED) is 0.681. The van der Waals surface area contributed by atoms with Gasteiger partial charge in [0, 0.05) is 42.4 Å². The molecule has 0 aliphatic rings. The summed E-state index contributed by atoms with van der Waals surface area (Å²) in [5, 5.41) is 3.45. The van der Waals surface area contributed by atoms with Crippen LogP contribution in [0.1, 0.15) is 27.3 Å². The van der Waals surface area contributed by atoms with Crippen LogP contribution in [0.2, 0.25) is 5.02 Å². The van der Waals surface area contributed by atoms with Crippen LogP contribution in [0.5, 0.6) is 0 Å². The molecular formula is C21H22ClN5O. The van der Waals surface area contributed by atoms with Crippen LogP contribution in [-0.2, 0) is 6.42 Å². The van der Waals surface area contributed by atoms with Crippen molar-refractivity contribution in [2.45, 2.75) is 20.3 Å². The van der Waals surface area contributed by atoms with E-state index in [4.69, 9.17) is 11.6 Å². The molecule has 0 saturated heterocycles. The maximum absolute atomic E-state index is 12.7. The van der Waals surface area contributed by atoms with Crippen molar-refractivity contribution in [3.05, 3.63) is 76.3 Å². The summed E-state index contributed by atoms with van der Waals surface area (Å²) in [5.41, 5.74) is 3.83. The maximum atomic E-state index is 12.7. The summed E-state index contributed by atoms with van der Waals surface area (Å²) >= 11 is 6.04. The first-order valence-electron chi connectivity index (χ1n) is 8.95. The largest absolute Gasteiger partial charge is 0.344 e. The van der Waals surface area contributed by atoms with Crippen LogP contribution in [0, 0.1) is 13.8 Å². The Morgan fingerprint density at radius 1 is 1.11 bits per heavy atom. The highest BCUT2D eigenvalue weighted by molar-refractivity contribution is 6.31. The predicted octanol–water partition coefficient (Wildman–Crippen LogP) is 4.07. The second kappa shape index (κ2) is 8.80. The van der Waals surface area contributed by atoms with Gasteiger partial charge < -0.3 is 10.2 Å². The number of hydrogen-bond acceptors (Lipinski definition) is 5. The van der Waals surface area contributed by atoms with Crippen LogP contribution in [-0.4, -0.2) is 34.5 Å². The number of halogens is 1. The van der Waals surface area contributed by atoms with E-state index in [2.05, 4.69) is 20.3 Å². The van der Waals surface area contributed by atoms with E-state index in [0.29, 0.717) is 22.4 Å². The predicted molar refractivity (Wildman–Crippen MR) is 112 cm³/mol. The van der Waals surface area contributed by atoms with Crippen LogP contribution >= 0.6 is 11.6 Å². The lowest BCUT2D eigenvalue weighted by atomic mass is 10.2. The second-order valence-electron chi connectivity index (χ2n) is 6.63. The summed E-state index contributed by atoms with van der Waals surface area (Å²) in [4.78, 5) is 27.6. The van der Waals surface area contributed by atoms with E-state index in [9.17, 15) is 4.79 Å². The van der Waals surface area contributed by atoms with Gasteiger partial charge in [0.2, 0.25) is 5.95 Å². The summed E-state index contributed by atoms with van der Waals surface area (Å²) in [6, 6.07) is 11.0. The molecule has 0 unspecified atom stereocenters. The molecule has 0 radical (unpaired) electrons. The maximum Gasteiger partial charge on any atom is 0.274 e. The number of carbonyl (C=O) groups excluding carboxylic acids is 1. The molecule has 0 aliphatic heterocycles. The van der Waals surface area contributed by atoms with E-state index in [1.54, 1.807) is 30.6 Å². The first-order valence-corrected chi connectivity index (χ1v) is 9.33. The Balaban J connectivity index is 1.74. The molecule has 3 rings (SSSR count). The Morgan fingerprint density at radius 2 is 1.86 bits per heavy atom. The van der Waals surface area contributed by atoms with Crippen molar-refractivity contribution in [1.29, 1.82) is 0 Å². The number of rotatable bonds is 6. The molecule has 7 heteroatoms. The van der Waals surface area contributed by atoms with E-state index in [0.717, 1.165) is 24.2 Å². The molecule has 6 nitrogen and oxygen atoms in total. The van der Waals surface area contributed by atoms with Gasteiger partial charge in [0.25, 0.3) is 5.91 Å². The van der Waals surface area contributed by atoms with Gasteiger partial charge in [-0.25, -0.2) is 9.97 Å². The molecule has 3 aromatic rings. The average molecular weight is 396 g/mol. The molecule has 0 aliphatic carbocycles. The highest BCUT2D eigenvalue weighted by atomic mass is 35.5. The van der Waals surface area contributed by atoms with Crippen LogP contribution in [0.3, 0.4) is 0 Å². The minimum atomic E-state index is -0.292. The smallest absolute Gasteiger partial charge is 0.274 e. The number of anilines is 2. The van der Waals surface area contributed by atoms with Crippen molar-refractivity contribution in [2.24, 2.45) is 0 Å². The molecule has 0 fully saturated rings. The van der Waals surface area contributed by atoms with E-state index in [-0.39, 0.29) is 5.91 Å². The molecule has 0 saturated carbocycles. The van der Waals surface area contributed by atoms with Gasteiger partial charge >= 0.3 is 0 Å². The third-order valence-corrected chi connectivity index (χ3v) is 4.58. The lowest BCUT2D eigenvalue weighted by molar-refractivity contribution is 0.102. The van der Waals surface area contributed by atoms with Gasteiger partial charge in [-0.2, -0.15) is 0 Å². The zero-order chi connectivity index (χ0) is 20.1. The third kappa shape index (κ3) is 5.04. The zero-order valence-corrected chi connectivity index (χ0v) is 16.9. The first-order chi connectivity index (χ1) is 13.4. The summed E-state index contributed by atoms with van der Waals surface area (Å²) < 4.78 is 0. The molecule has 1 amide bonds. The summed E-state index contributed by atoms with van der Waals surface area (Å²) in [5.74, 6) is 0.224. The SMILES string of the molecule is Cc1cc(C(=O)Nc2cc(Cl)ccc2C)nc(N(C)CCc2ccncc2)n1. The average Bonchev–Trinajstić information content (AvgIpc) is 2.69. The summed E-state index contributed by atoms with van der Waals surface area (Å²) in [6.07, 6.45) is 4.39.